The van der Waals surface area contributed by atoms with Gasteiger partial charge in [-0.25, -0.2) is 0 Å². The van der Waals surface area contributed by atoms with E-state index in [-0.39, 0.29) is 29.1 Å². The molecule has 1 heterocycles. The molecular weight excluding hydrogens is 512 g/mol. The molecule has 5 rings (SSSR count). The van der Waals surface area contributed by atoms with Crippen molar-refractivity contribution in [1.29, 1.82) is 0 Å². The van der Waals surface area contributed by atoms with Gasteiger partial charge in [-0.15, -0.1) is 0 Å². The van der Waals surface area contributed by atoms with Crippen LogP contribution in [0.15, 0.2) is 22.8 Å². The van der Waals surface area contributed by atoms with E-state index < -0.39 is 47.7 Å². The zero-order chi connectivity index (χ0) is 27.8. The Morgan fingerprint density at radius 3 is 2.32 bits per heavy atom. The molecule has 0 aromatic carbocycles. The quantitative estimate of drug-likeness (QED) is 0.454. The molecule has 0 aromatic heterocycles. The SMILES string of the molecule is CC(=O)O[C@]1(C(C)=O)CC[C@H]2[C@@H]3C=C(Cl)C4=C[C@@H](O[C@@H]5O[C@@H](C)[C@H](O)[C@@H](O)[C@H]5O)CC[C@]4(C)[C@H]3CC[C@@]21C. The largest absolute Gasteiger partial charge is 0.451 e. The average Bonchev–Trinajstić information content (AvgIpc) is 3.15. The predicted molar refractivity (Wildman–Crippen MR) is 139 cm³/mol. The van der Waals surface area contributed by atoms with E-state index in [1.165, 1.54) is 6.92 Å². The number of Topliss-reactive ketones (excluding diaryl/α,β-unsaturated/α-hetero) is 1. The van der Waals surface area contributed by atoms with Crippen LogP contribution in [0.5, 0.6) is 0 Å². The normalized spacial score (nSPS) is 50.2. The maximum atomic E-state index is 13.0. The van der Waals surface area contributed by atoms with E-state index in [9.17, 15) is 24.9 Å². The number of allylic oxidation sites excluding steroid dienone is 3. The number of carbonyl (C=O) groups excluding carboxylic acids is 2. The number of ether oxygens (including phenoxy) is 3. The smallest absolute Gasteiger partial charge is 0.303 e. The van der Waals surface area contributed by atoms with E-state index in [1.807, 2.05) is 6.08 Å². The molecule has 8 nitrogen and oxygen atoms in total. The first-order chi connectivity index (χ1) is 17.7. The summed E-state index contributed by atoms with van der Waals surface area (Å²) in [6.07, 6.45) is 2.74. The summed E-state index contributed by atoms with van der Waals surface area (Å²) in [5.41, 5.74) is -0.702. The van der Waals surface area contributed by atoms with Crippen molar-refractivity contribution in [3.05, 3.63) is 22.8 Å². The highest BCUT2D eigenvalue weighted by Gasteiger charge is 2.67. The van der Waals surface area contributed by atoms with Gasteiger partial charge in [0.2, 0.25) is 0 Å². The molecule has 0 unspecified atom stereocenters. The van der Waals surface area contributed by atoms with Crippen LogP contribution in [0.2, 0.25) is 0 Å². The summed E-state index contributed by atoms with van der Waals surface area (Å²) in [5, 5.41) is 31.3. The average molecular weight is 553 g/mol. The lowest BCUT2D eigenvalue weighted by Gasteiger charge is -2.58. The first-order valence-electron chi connectivity index (χ1n) is 13.9. The monoisotopic (exact) mass is 552 g/mol. The minimum absolute atomic E-state index is 0.0782. The van der Waals surface area contributed by atoms with Gasteiger partial charge in [-0.05, 0) is 81.1 Å². The predicted octanol–water partition coefficient (Wildman–Crippen LogP) is 3.40. The Bertz CT molecular complexity index is 1060. The van der Waals surface area contributed by atoms with Crippen molar-refractivity contribution in [3.63, 3.8) is 0 Å². The lowest BCUT2D eigenvalue weighted by atomic mass is 9.48. The van der Waals surface area contributed by atoms with Gasteiger partial charge in [0.25, 0.3) is 0 Å². The molecule has 0 aromatic rings. The highest BCUT2D eigenvalue weighted by molar-refractivity contribution is 6.32. The minimum atomic E-state index is -1.35. The van der Waals surface area contributed by atoms with Crippen molar-refractivity contribution < 1.29 is 39.1 Å². The van der Waals surface area contributed by atoms with E-state index in [4.69, 9.17) is 25.8 Å². The van der Waals surface area contributed by atoms with Crippen LogP contribution in [-0.2, 0) is 23.8 Å². The molecule has 3 N–H and O–H groups in total. The number of aliphatic hydroxyl groups excluding tert-OH is 3. The first kappa shape index (κ1) is 28.2. The van der Waals surface area contributed by atoms with Crippen molar-refractivity contribution in [3.8, 4) is 0 Å². The standard InChI is InChI=1S/C29H41ClO8/c1-14-23(33)24(34)25(35)26(36-14)37-17-6-9-27(4)19-7-10-28(5)20(18(19)13-22(30)21(27)12-17)8-11-29(28,15(2)31)38-16(3)32/h12-14,17-20,23-26,33-35H,6-11H2,1-5H3/t14-,17-,18+,19-,20-,23-,24+,25+,26-,27+,28-,29-/m0/s1. The molecule has 3 fully saturated rings. The van der Waals surface area contributed by atoms with Crippen LogP contribution in [-0.4, -0.2) is 69.5 Å². The molecule has 0 bridgehead atoms. The Hall–Kier alpha value is -1.29. The van der Waals surface area contributed by atoms with Crippen molar-refractivity contribution in [2.24, 2.45) is 28.6 Å². The fourth-order valence-electron chi connectivity index (χ4n) is 8.67. The fourth-order valence-corrected chi connectivity index (χ4v) is 9.10. The number of esters is 1. The molecule has 4 aliphatic carbocycles. The number of hydrogen-bond acceptors (Lipinski definition) is 8. The highest BCUT2D eigenvalue weighted by Crippen LogP contribution is 2.68. The van der Waals surface area contributed by atoms with E-state index in [2.05, 4.69) is 19.9 Å². The summed E-state index contributed by atoms with van der Waals surface area (Å²) in [6.45, 7) is 8.94. The van der Waals surface area contributed by atoms with Gasteiger partial charge < -0.3 is 29.5 Å². The number of hydrogen-bond donors (Lipinski definition) is 3. The Morgan fingerprint density at radius 1 is 0.974 bits per heavy atom. The molecule has 0 spiro atoms. The molecular formula is C29H41ClO8. The third-order valence-corrected chi connectivity index (χ3v) is 11.1. The topological polar surface area (TPSA) is 123 Å². The molecule has 1 aliphatic heterocycles. The number of rotatable bonds is 4. The van der Waals surface area contributed by atoms with Gasteiger partial charge in [0.15, 0.2) is 17.7 Å². The van der Waals surface area contributed by atoms with E-state index in [0.717, 1.165) is 31.3 Å². The number of halogens is 1. The summed E-state index contributed by atoms with van der Waals surface area (Å²) in [4.78, 5) is 25.0. The molecule has 38 heavy (non-hydrogen) atoms. The van der Waals surface area contributed by atoms with Gasteiger partial charge in [0, 0.05) is 17.4 Å². The zero-order valence-corrected chi connectivity index (χ0v) is 23.6. The third kappa shape index (κ3) is 4.05. The van der Waals surface area contributed by atoms with Crippen LogP contribution in [0, 0.1) is 28.6 Å². The van der Waals surface area contributed by atoms with Crippen LogP contribution in [0.1, 0.15) is 73.1 Å². The molecule has 2 saturated carbocycles. The second-order valence-corrected chi connectivity index (χ2v) is 13.1. The summed E-state index contributed by atoms with van der Waals surface area (Å²) in [6, 6.07) is 0. The van der Waals surface area contributed by atoms with Crippen molar-refractivity contribution >= 4 is 23.4 Å². The van der Waals surface area contributed by atoms with Crippen LogP contribution in [0.4, 0.5) is 0 Å². The lowest BCUT2D eigenvalue weighted by molar-refractivity contribution is -0.301. The summed E-state index contributed by atoms with van der Waals surface area (Å²) < 4.78 is 17.6. The molecule has 9 heteroatoms. The van der Waals surface area contributed by atoms with Gasteiger partial charge in [-0.1, -0.05) is 37.6 Å². The van der Waals surface area contributed by atoms with Gasteiger partial charge in [-0.3, -0.25) is 9.59 Å². The van der Waals surface area contributed by atoms with Crippen LogP contribution in [0.3, 0.4) is 0 Å². The summed E-state index contributed by atoms with van der Waals surface area (Å²) in [7, 11) is 0. The van der Waals surface area contributed by atoms with Crippen molar-refractivity contribution in [1.82, 2.24) is 0 Å². The Kier molecular flexibility index (Phi) is 7.19. The Morgan fingerprint density at radius 2 is 1.66 bits per heavy atom. The molecule has 212 valence electrons. The Balaban J connectivity index is 1.42. The lowest BCUT2D eigenvalue weighted by Crippen LogP contribution is -2.58. The molecule has 1 saturated heterocycles. The number of aliphatic hydroxyl groups is 3. The maximum Gasteiger partial charge on any atom is 0.303 e. The zero-order valence-electron chi connectivity index (χ0n) is 22.9. The number of fused-ring (bicyclic) bond motifs is 5. The van der Waals surface area contributed by atoms with E-state index in [1.54, 1.807) is 13.8 Å². The van der Waals surface area contributed by atoms with E-state index in [0.29, 0.717) is 23.8 Å². The second kappa shape index (κ2) is 9.67. The molecule has 12 atom stereocenters. The van der Waals surface area contributed by atoms with Gasteiger partial charge in [0.1, 0.15) is 18.3 Å². The second-order valence-electron chi connectivity index (χ2n) is 12.7. The number of carbonyl (C=O) groups is 2. The highest BCUT2D eigenvalue weighted by atomic mass is 35.5. The molecule has 0 radical (unpaired) electrons. The summed E-state index contributed by atoms with van der Waals surface area (Å²) >= 11 is 6.99. The minimum Gasteiger partial charge on any atom is -0.451 e. The first-order valence-corrected chi connectivity index (χ1v) is 14.3. The van der Waals surface area contributed by atoms with Crippen LogP contribution < -0.4 is 0 Å². The number of ketones is 1. The molecule has 5 aliphatic rings. The van der Waals surface area contributed by atoms with Crippen molar-refractivity contribution in [2.45, 2.75) is 116 Å². The van der Waals surface area contributed by atoms with Crippen molar-refractivity contribution in [2.75, 3.05) is 0 Å². The summed E-state index contributed by atoms with van der Waals surface area (Å²) in [5.74, 6) is 0.166. The van der Waals surface area contributed by atoms with E-state index >= 15 is 0 Å². The third-order valence-electron chi connectivity index (χ3n) is 10.8. The van der Waals surface area contributed by atoms with Gasteiger partial charge in [-0.2, -0.15) is 0 Å². The maximum absolute atomic E-state index is 13.0. The molecule has 0 amide bonds. The van der Waals surface area contributed by atoms with Crippen LogP contribution in [0.25, 0.3) is 0 Å². The van der Waals surface area contributed by atoms with Gasteiger partial charge in [0.05, 0.1) is 12.2 Å². The Labute approximate surface area is 229 Å². The van der Waals surface area contributed by atoms with Gasteiger partial charge >= 0.3 is 5.97 Å². The van der Waals surface area contributed by atoms with Crippen LogP contribution >= 0.6 is 11.6 Å². The fraction of sp³-hybridized carbons (Fsp3) is 0.793.